The molecule has 0 radical (unpaired) electrons. The number of aryl methyl sites for hydroxylation is 1. The summed E-state index contributed by atoms with van der Waals surface area (Å²) in [6.07, 6.45) is 0. The quantitative estimate of drug-likeness (QED) is 0.463. The first-order chi connectivity index (χ1) is 14.0. The molecule has 4 aromatic rings. The SMILES string of the molecule is Cc1nc(-c2ccccc2)sc1CNS(=O)(=O)c1ccc(-c2ccccc2)cc1. The molecule has 1 N–H and O–H groups in total. The van der Waals surface area contributed by atoms with Crippen molar-refractivity contribution in [3.63, 3.8) is 0 Å². The van der Waals surface area contributed by atoms with Gasteiger partial charge in [0.05, 0.1) is 10.6 Å². The van der Waals surface area contributed by atoms with E-state index in [1.54, 1.807) is 12.1 Å². The number of nitrogens with one attached hydrogen (secondary N) is 1. The van der Waals surface area contributed by atoms with Gasteiger partial charge in [-0.1, -0.05) is 72.8 Å². The van der Waals surface area contributed by atoms with Gasteiger partial charge < -0.3 is 0 Å². The number of nitrogens with zero attached hydrogens (tertiary/aromatic N) is 1. The van der Waals surface area contributed by atoms with Gasteiger partial charge in [0.15, 0.2) is 0 Å². The summed E-state index contributed by atoms with van der Waals surface area (Å²) < 4.78 is 28.1. The molecule has 1 aromatic heterocycles. The molecule has 4 nitrogen and oxygen atoms in total. The van der Waals surface area contributed by atoms with Crippen molar-refractivity contribution in [2.45, 2.75) is 18.4 Å². The Labute approximate surface area is 175 Å². The van der Waals surface area contributed by atoms with Crippen LogP contribution >= 0.6 is 11.3 Å². The van der Waals surface area contributed by atoms with E-state index >= 15 is 0 Å². The maximum atomic E-state index is 12.7. The Hall–Kier alpha value is -2.80. The molecule has 0 spiro atoms. The molecular weight excluding hydrogens is 400 g/mol. The Morgan fingerprint density at radius 2 is 1.34 bits per heavy atom. The van der Waals surface area contributed by atoms with Crippen molar-refractivity contribution < 1.29 is 8.42 Å². The second-order valence-electron chi connectivity index (χ2n) is 6.61. The maximum Gasteiger partial charge on any atom is 0.240 e. The van der Waals surface area contributed by atoms with E-state index in [1.165, 1.54) is 11.3 Å². The third kappa shape index (κ3) is 4.45. The molecule has 4 rings (SSSR count). The predicted molar refractivity (Wildman–Crippen MR) is 118 cm³/mol. The summed E-state index contributed by atoms with van der Waals surface area (Å²) >= 11 is 1.51. The Morgan fingerprint density at radius 1 is 0.793 bits per heavy atom. The lowest BCUT2D eigenvalue weighted by Gasteiger charge is -2.07. The predicted octanol–water partition coefficient (Wildman–Crippen LogP) is 5.26. The fourth-order valence-corrected chi connectivity index (χ4v) is 5.09. The van der Waals surface area contributed by atoms with Crippen molar-refractivity contribution in [2.24, 2.45) is 0 Å². The molecule has 0 atom stereocenters. The van der Waals surface area contributed by atoms with Crippen molar-refractivity contribution in [3.05, 3.63) is 95.5 Å². The number of benzene rings is 3. The zero-order chi connectivity index (χ0) is 20.3. The Morgan fingerprint density at radius 3 is 1.97 bits per heavy atom. The first-order valence-electron chi connectivity index (χ1n) is 9.20. The van der Waals surface area contributed by atoms with Crippen LogP contribution in [0.5, 0.6) is 0 Å². The second-order valence-corrected chi connectivity index (χ2v) is 9.46. The zero-order valence-electron chi connectivity index (χ0n) is 15.9. The Bertz CT molecular complexity index is 1200. The molecule has 0 aliphatic rings. The summed E-state index contributed by atoms with van der Waals surface area (Å²) in [5.41, 5.74) is 3.91. The summed E-state index contributed by atoms with van der Waals surface area (Å²) in [4.78, 5) is 5.75. The molecule has 1 heterocycles. The zero-order valence-corrected chi connectivity index (χ0v) is 17.5. The molecule has 29 heavy (non-hydrogen) atoms. The van der Waals surface area contributed by atoms with Gasteiger partial charge in [0.1, 0.15) is 5.01 Å². The van der Waals surface area contributed by atoms with Crippen molar-refractivity contribution in [3.8, 4) is 21.7 Å². The summed E-state index contributed by atoms with van der Waals surface area (Å²) in [7, 11) is -3.60. The number of hydrogen-bond donors (Lipinski definition) is 1. The molecule has 0 unspecified atom stereocenters. The normalized spacial score (nSPS) is 11.5. The van der Waals surface area contributed by atoms with E-state index < -0.39 is 10.0 Å². The largest absolute Gasteiger partial charge is 0.241 e. The van der Waals surface area contributed by atoms with E-state index in [2.05, 4.69) is 9.71 Å². The minimum atomic E-state index is -3.60. The fraction of sp³-hybridized carbons (Fsp3) is 0.0870. The van der Waals surface area contributed by atoms with E-state index in [0.717, 1.165) is 32.3 Å². The average Bonchev–Trinajstić information content (AvgIpc) is 3.14. The Balaban J connectivity index is 1.49. The Kier molecular flexibility index (Phi) is 5.58. The van der Waals surface area contributed by atoms with Crippen LogP contribution in [-0.4, -0.2) is 13.4 Å². The highest BCUT2D eigenvalue weighted by Crippen LogP contribution is 2.28. The van der Waals surface area contributed by atoms with Crippen molar-refractivity contribution in [1.29, 1.82) is 0 Å². The highest BCUT2D eigenvalue weighted by Gasteiger charge is 2.16. The van der Waals surface area contributed by atoms with E-state index in [9.17, 15) is 8.42 Å². The van der Waals surface area contributed by atoms with Crippen LogP contribution in [0.1, 0.15) is 10.6 Å². The second kappa shape index (κ2) is 8.29. The van der Waals surface area contributed by atoms with Crippen LogP contribution in [0.2, 0.25) is 0 Å². The monoisotopic (exact) mass is 420 g/mol. The van der Waals surface area contributed by atoms with Crippen LogP contribution in [0, 0.1) is 6.92 Å². The summed E-state index contributed by atoms with van der Waals surface area (Å²) in [5.74, 6) is 0. The molecule has 0 fully saturated rings. The van der Waals surface area contributed by atoms with Crippen LogP contribution in [0.25, 0.3) is 21.7 Å². The number of hydrogen-bond acceptors (Lipinski definition) is 4. The highest BCUT2D eigenvalue weighted by atomic mass is 32.2. The summed E-state index contributed by atoms with van der Waals surface area (Å²) in [6.45, 7) is 2.13. The lowest BCUT2D eigenvalue weighted by atomic mass is 10.1. The highest BCUT2D eigenvalue weighted by molar-refractivity contribution is 7.89. The number of aromatic nitrogens is 1. The lowest BCUT2D eigenvalue weighted by molar-refractivity contribution is 0.581. The van der Waals surface area contributed by atoms with Gasteiger partial charge in [-0.05, 0) is 30.2 Å². The van der Waals surface area contributed by atoms with Gasteiger partial charge in [0, 0.05) is 17.0 Å². The smallest absolute Gasteiger partial charge is 0.240 e. The topological polar surface area (TPSA) is 59.1 Å². The first kappa shape index (κ1) is 19.5. The van der Waals surface area contributed by atoms with Gasteiger partial charge >= 0.3 is 0 Å². The van der Waals surface area contributed by atoms with Crippen molar-refractivity contribution in [1.82, 2.24) is 9.71 Å². The number of thiazole rings is 1. The molecule has 0 aliphatic heterocycles. The van der Waals surface area contributed by atoms with Crippen LogP contribution in [0.15, 0.2) is 89.8 Å². The molecule has 3 aromatic carbocycles. The van der Waals surface area contributed by atoms with Gasteiger partial charge in [-0.25, -0.2) is 18.1 Å². The molecule has 0 amide bonds. The third-order valence-electron chi connectivity index (χ3n) is 4.61. The van der Waals surface area contributed by atoms with Crippen molar-refractivity contribution >= 4 is 21.4 Å². The molecule has 6 heteroatoms. The fourth-order valence-electron chi connectivity index (χ4n) is 3.00. The van der Waals surface area contributed by atoms with Gasteiger partial charge in [0.25, 0.3) is 0 Å². The lowest BCUT2D eigenvalue weighted by Crippen LogP contribution is -2.23. The molecule has 0 saturated heterocycles. The van der Waals surface area contributed by atoms with Gasteiger partial charge in [0.2, 0.25) is 10.0 Å². The van der Waals surface area contributed by atoms with E-state index in [-0.39, 0.29) is 11.4 Å². The van der Waals surface area contributed by atoms with E-state index in [0.29, 0.717) is 0 Å². The minimum Gasteiger partial charge on any atom is -0.241 e. The van der Waals surface area contributed by atoms with E-state index in [4.69, 9.17) is 0 Å². The standard InChI is InChI=1S/C23H20N2O2S2/c1-17-22(28-23(25-17)20-10-6-3-7-11-20)16-24-29(26,27)21-14-12-19(13-15-21)18-8-4-2-5-9-18/h2-15,24H,16H2,1H3. The molecule has 0 bridgehead atoms. The van der Waals surface area contributed by atoms with Gasteiger partial charge in [-0.15, -0.1) is 11.3 Å². The average molecular weight is 421 g/mol. The van der Waals surface area contributed by atoms with Crippen LogP contribution in [0.3, 0.4) is 0 Å². The minimum absolute atomic E-state index is 0.221. The molecule has 0 saturated carbocycles. The van der Waals surface area contributed by atoms with Crippen LogP contribution in [0.4, 0.5) is 0 Å². The molecule has 146 valence electrons. The van der Waals surface area contributed by atoms with Crippen molar-refractivity contribution in [2.75, 3.05) is 0 Å². The van der Waals surface area contributed by atoms with Gasteiger partial charge in [-0.2, -0.15) is 0 Å². The summed E-state index contributed by atoms with van der Waals surface area (Å²) in [6, 6.07) is 26.7. The number of sulfonamides is 1. The summed E-state index contributed by atoms with van der Waals surface area (Å²) in [5, 5.41) is 0.893. The number of rotatable bonds is 6. The first-order valence-corrected chi connectivity index (χ1v) is 11.5. The van der Waals surface area contributed by atoms with Crippen LogP contribution in [-0.2, 0) is 16.6 Å². The maximum absolute atomic E-state index is 12.7. The third-order valence-corrected chi connectivity index (χ3v) is 7.23. The van der Waals surface area contributed by atoms with Gasteiger partial charge in [-0.3, -0.25) is 0 Å². The molecular formula is C23H20N2O2S2. The van der Waals surface area contributed by atoms with Crippen LogP contribution < -0.4 is 4.72 Å². The van der Waals surface area contributed by atoms with E-state index in [1.807, 2.05) is 79.7 Å². The molecule has 0 aliphatic carbocycles.